The molecule has 0 bridgehead atoms. The molecule has 2 aromatic carbocycles. The summed E-state index contributed by atoms with van der Waals surface area (Å²) in [6, 6.07) is 14.9. The average Bonchev–Trinajstić information content (AvgIpc) is 3.04. The molecule has 0 aromatic heterocycles. The van der Waals surface area contributed by atoms with Gasteiger partial charge in [0.05, 0.1) is 5.92 Å². The summed E-state index contributed by atoms with van der Waals surface area (Å²) < 4.78 is 5.12. The highest BCUT2D eigenvalue weighted by Crippen LogP contribution is 2.28. The number of aryl methyl sites for hydroxylation is 2. The Balaban J connectivity index is 1.53. The molecule has 1 heterocycles. The van der Waals surface area contributed by atoms with Crippen molar-refractivity contribution in [2.75, 3.05) is 23.4 Å². The first-order valence-corrected chi connectivity index (χ1v) is 8.83. The van der Waals surface area contributed by atoms with Crippen molar-refractivity contribution in [3.63, 3.8) is 0 Å². The number of benzene rings is 2. The number of esters is 1. The number of hydrogen-bond acceptors (Lipinski definition) is 4. The molecule has 1 N–H and O–H groups in total. The predicted molar refractivity (Wildman–Crippen MR) is 102 cm³/mol. The Morgan fingerprint density at radius 2 is 1.81 bits per heavy atom. The average molecular weight is 366 g/mol. The van der Waals surface area contributed by atoms with Crippen LogP contribution < -0.4 is 10.2 Å². The molecule has 1 aliphatic heterocycles. The quantitative estimate of drug-likeness (QED) is 0.826. The topological polar surface area (TPSA) is 75.7 Å². The molecule has 1 aliphatic rings. The highest BCUT2D eigenvalue weighted by atomic mass is 16.5. The summed E-state index contributed by atoms with van der Waals surface area (Å²) in [5, 5.41) is 2.67. The van der Waals surface area contributed by atoms with Gasteiger partial charge < -0.3 is 15.0 Å². The number of hydrogen-bond donors (Lipinski definition) is 1. The van der Waals surface area contributed by atoms with Gasteiger partial charge in [-0.05, 0) is 37.6 Å². The van der Waals surface area contributed by atoms with Crippen LogP contribution in [0.25, 0.3) is 0 Å². The standard InChI is InChI=1S/C21H22N2O4/c1-14-7-9-17(10-8-14)22-19(24)13-27-21(26)16-11-20(25)23(12-16)18-6-4-3-5-15(18)2/h3-10,16H,11-13H2,1-2H3,(H,22,24)/t16-/m1/s1. The van der Waals surface area contributed by atoms with Gasteiger partial charge in [0.2, 0.25) is 5.91 Å². The van der Waals surface area contributed by atoms with Crippen molar-refractivity contribution in [3.8, 4) is 0 Å². The van der Waals surface area contributed by atoms with E-state index in [9.17, 15) is 14.4 Å². The van der Waals surface area contributed by atoms with Crippen molar-refractivity contribution in [1.29, 1.82) is 0 Å². The SMILES string of the molecule is Cc1ccc(NC(=O)COC(=O)[C@@H]2CC(=O)N(c3ccccc3C)C2)cc1. The Morgan fingerprint density at radius 1 is 1.11 bits per heavy atom. The third-order valence-electron chi connectivity index (χ3n) is 4.55. The number of ether oxygens (including phenoxy) is 1. The molecule has 6 nitrogen and oxygen atoms in total. The highest BCUT2D eigenvalue weighted by Gasteiger charge is 2.36. The van der Waals surface area contributed by atoms with Gasteiger partial charge in [-0.3, -0.25) is 14.4 Å². The second-order valence-corrected chi connectivity index (χ2v) is 6.71. The van der Waals surface area contributed by atoms with Gasteiger partial charge in [-0.2, -0.15) is 0 Å². The second kappa shape index (κ2) is 8.03. The van der Waals surface area contributed by atoms with E-state index in [0.717, 1.165) is 16.8 Å². The molecule has 1 atom stereocenters. The molecule has 6 heteroatoms. The monoisotopic (exact) mass is 366 g/mol. The molecule has 140 valence electrons. The van der Waals surface area contributed by atoms with Crippen molar-refractivity contribution in [2.24, 2.45) is 5.92 Å². The number of para-hydroxylation sites is 1. The molecule has 0 radical (unpaired) electrons. The zero-order valence-electron chi connectivity index (χ0n) is 15.4. The van der Waals surface area contributed by atoms with Crippen LogP contribution in [-0.4, -0.2) is 30.9 Å². The number of anilines is 2. The summed E-state index contributed by atoms with van der Waals surface area (Å²) >= 11 is 0. The van der Waals surface area contributed by atoms with E-state index in [1.54, 1.807) is 17.0 Å². The maximum absolute atomic E-state index is 12.3. The molecule has 3 rings (SSSR count). The Bertz CT molecular complexity index is 861. The minimum absolute atomic E-state index is 0.0900. The van der Waals surface area contributed by atoms with Crippen LogP contribution in [0.4, 0.5) is 11.4 Å². The predicted octanol–water partition coefficient (Wildman–Crippen LogP) is 2.84. The van der Waals surface area contributed by atoms with Gasteiger partial charge in [0.25, 0.3) is 5.91 Å². The fourth-order valence-corrected chi connectivity index (χ4v) is 3.05. The van der Waals surface area contributed by atoms with Gasteiger partial charge in [0, 0.05) is 24.3 Å². The molecular formula is C21H22N2O4. The molecule has 27 heavy (non-hydrogen) atoms. The first-order chi connectivity index (χ1) is 12.9. The van der Waals surface area contributed by atoms with E-state index < -0.39 is 17.8 Å². The van der Waals surface area contributed by atoms with E-state index in [1.807, 2.05) is 50.2 Å². The van der Waals surface area contributed by atoms with Crippen molar-refractivity contribution in [3.05, 3.63) is 59.7 Å². The summed E-state index contributed by atoms with van der Waals surface area (Å²) in [5.41, 5.74) is 3.50. The van der Waals surface area contributed by atoms with Crippen LogP contribution in [0.2, 0.25) is 0 Å². The molecule has 0 unspecified atom stereocenters. The number of nitrogens with one attached hydrogen (secondary N) is 1. The van der Waals surface area contributed by atoms with Crippen molar-refractivity contribution < 1.29 is 19.1 Å². The molecule has 0 aliphatic carbocycles. The third kappa shape index (κ3) is 4.53. The van der Waals surface area contributed by atoms with Crippen molar-refractivity contribution in [1.82, 2.24) is 0 Å². The Labute approximate surface area is 158 Å². The van der Waals surface area contributed by atoms with Crippen LogP contribution in [0, 0.1) is 19.8 Å². The van der Waals surface area contributed by atoms with Gasteiger partial charge in [-0.1, -0.05) is 35.9 Å². The van der Waals surface area contributed by atoms with Gasteiger partial charge in [-0.25, -0.2) is 0 Å². The summed E-state index contributed by atoms with van der Waals surface area (Å²) in [5.74, 6) is -1.62. The van der Waals surface area contributed by atoms with Crippen molar-refractivity contribution in [2.45, 2.75) is 20.3 Å². The first kappa shape index (κ1) is 18.6. The largest absolute Gasteiger partial charge is 0.455 e. The fourth-order valence-electron chi connectivity index (χ4n) is 3.05. The zero-order chi connectivity index (χ0) is 19.4. The van der Waals surface area contributed by atoms with E-state index in [1.165, 1.54) is 0 Å². The smallest absolute Gasteiger partial charge is 0.311 e. The number of carbonyl (C=O) groups is 3. The van der Waals surface area contributed by atoms with E-state index >= 15 is 0 Å². The van der Waals surface area contributed by atoms with Gasteiger partial charge >= 0.3 is 5.97 Å². The van der Waals surface area contributed by atoms with E-state index in [4.69, 9.17) is 4.74 Å². The lowest BCUT2D eigenvalue weighted by molar-refractivity contribution is -0.151. The Morgan fingerprint density at radius 3 is 2.52 bits per heavy atom. The van der Waals surface area contributed by atoms with Crippen LogP contribution in [-0.2, 0) is 19.1 Å². The van der Waals surface area contributed by atoms with Gasteiger partial charge in [0.15, 0.2) is 6.61 Å². The fraction of sp³-hybridized carbons (Fsp3) is 0.286. The lowest BCUT2D eigenvalue weighted by Crippen LogP contribution is -2.28. The van der Waals surface area contributed by atoms with Crippen LogP contribution in [0.15, 0.2) is 48.5 Å². The third-order valence-corrected chi connectivity index (χ3v) is 4.55. The number of nitrogens with zero attached hydrogens (tertiary/aromatic N) is 1. The maximum atomic E-state index is 12.3. The maximum Gasteiger partial charge on any atom is 0.311 e. The summed E-state index contributed by atoms with van der Waals surface area (Å²) in [6.07, 6.45) is 0.0900. The van der Waals surface area contributed by atoms with Crippen LogP contribution in [0.3, 0.4) is 0 Å². The van der Waals surface area contributed by atoms with E-state index in [0.29, 0.717) is 5.69 Å². The van der Waals surface area contributed by atoms with Crippen molar-refractivity contribution >= 4 is 29.2 Å². The molecule has 2 aromatic rings. The summed E-state index contributed by atoms with van der Waals surface area (Å²) in [6.45, 7) is 3.77. The molecule has 2 amide bonds. The lowest BCUT2D eigenvalue weighted by Gasteiger charge is -2.18. The zero-order valence-corrected chi connectivity index (χ0v) is 15.4. The molecule has 0 spiro atoms. The normalized spacial score (nSPS) is 16.3. The number of amides is 2. The molecule has 1 fully saturated rings. The van der Waals surface area contributed by atoms with Gasteiger partial charge in [0.1, 0.15) is 0 Å². The lowest BCUT2D eigenvalue weighted by atomic mass is 10.1. The van der Waals surface area contributed by atoms with Gasteiger partial charge in [-0.15, -0.1) is 0 Å². The number of rotatable bonds is 5. The Kier molecular flexibility index (Phi) is 5.54. The summed E-state index contributed by atoms with van der Waals surface area (Å²) in [4.78, 5) is 38.1. The van der Waals surface area contributed by atoms with E-state index in [2.05, 4.69) is 5.32 Å². The first-order valence-electron chi connectivity index (χ1n) is 8.83. The molecular weight excluding hydrogens is 344 g/mol. The summed E-state index contributed by atoms with van der Waals surface area (Å²) in [7, 11) is 0. The van der Waals surface area contributed by atoms with E-state index in [-0.39, 0.29) is 25.5 Å². The second-order valence-electron chi connectivity index (χ2n) is 6.71. The van der Waals surface area contributed by atoms with Crippen LogP contribution in [0.1, 0.15) is 17.5 Å². The van der Waals surface area contributed by atoms with Crippen LogP contribution in [0.5, 0.6) is 0 Å². The van der Waals surface area contributed by atoms with Crippen LogP contribution >= 0.6 is 0 Å². The number of carbonyl (C=O) groups excluding carboxylic acids is 3. The highest BCUT2D eigenvalue weighted by molar-refractivity contribution is 6.00. The molecule has 1 saturated heterocycles. The minimum Gasteiger partial charge on any atom is -0.455 e. The molecule has 0 saturated carbocycles. The Hall–Kier alpha value is -3.15. The minimum atomic E-state index is -0.565.